The quantitative estimate of drug-likeness (QED) is 0.422. The molecule has 1 N–H and O–H groups in total. The van der Waals surface area contributed by atoms with Crippen molar-refractivity contribution in [3.8, 4) is 11.4 Å². The van der Waals surface area contributed by atoms with E-state index in [0.29, 0.717) is 0 Å². The molecule has 31 heavy (non-hydrogen) atoms. The molecule has 0 saturated heterocycles. The first-order chi connectivity index (χ1) is 15.1. The van der Waals surface area contributed by atoms with Crippen LogP contribution in [0.5, 0.6) is 0 Å². The number of aromatic amines is 1. The second-order valence-corrected chi connectivity index (χ2v) is 6.93. The number of hydrogen-bond acceptors (Lipinski definition) is 3. The lowest BCUT2D eigenvalue weighted by molar-refractivity contribution is 0.364. The second-order valence-electron chi connectivity index (χ2n) is 6.93. The highest BCUT2D eigenvalue weighted by molar-refractivity contribution is 5.84. The SMILES string of the molecule is C=COC(=C\C)/C(/C=C1/C=C/C=C(c2c[nH]nc2-c2cccc(C)n2)/C=C\C1=C)=C/C. The highest BCUT2D eigenvalue weighted by atomic mass is 16.5. The third-order valence-corrected chi connectivity index (χ3v) is 4.85. The maximum Gasteiger partial charge on any atom is 0.129 e. The van der Waals surface area contributed by atoms with Crippen LogP contribution in [0.4, 0.5) is 0 Å². The number of nitrogens with one attached hydrogen (secondary N) is 1. The van der Waals surface area contributed by atoms with Gasteiger partial charge in [-0.25, -0.2) is 0 Å². The third kappa shape index (κ3) is 5.17. The van der Waals surface area contributed by atoms with Crippen molar-refractivity contribution in [3.63, 3.8) is 0 Å². The summed E-state index contributed by atoms with van der Waals surface area (Å²) in [6.45, 7) is 13.8. The van der Waals surface area contributed by atoms with Gasteiger partial charge in [-0.2, -0.15) is 5.10 Å². The zero-order chi connectivity index (χ0) is 22.2. The molecular weight excluding hydrogens is 382 g/mol. The normalized spacial score (nSPS) is 19.9. The molecule has 3 rings (SSSR count). The average Bonchev–Trinajstić information content (AvgIpc) is 3.25. The summed E-state index contributed by atoms with van der Waals surface area (Å²) in [7, 11) is 0. The van der Waals surface area contributed by atoms with E-state index in [-0.39, 0.29) is 0 Å². The standard InChI is InChI=1S/C27H27N3O/c1-6-21(26(7-2)31-8-3)17-23-13-10-12-22(16-15-19(23)4)24-18-28-30-27(24)25-14-9-11-20(5)29-25/h6-18H,3-4H2,1-2,5H3,(H,28,30)/b13-10+,16-15-,21-6+,22-12-,23-17-,26-7-. The summed E-state index contributed by atoms with van der Waals surface area (Å²) in [5.41, 5.74) is 7.50. The number of allylic oxidation sites excluding steroid dienone is 11. The lowest BCUT2D eigenvalue weighted by Crippen LogP contribution is -1.93. The molecule has 0 aliphatic heterocycles. The summed E-state index contributed by atoms with van der Waals surface area (Å²) in [6.07, 6.45) is 19.5. The Hall–Kier alpha value is -3.92. The molecule has 0 unspecified atom stereocenters. The van der Waals surface area contributed by atoms with Gasteiger partial charge < -0.3 is 4.74 Å². The van der Waals surface area contributed by atoms with Crippen LogP contribution in [0, 0.1) is 6.92 Å². The van der Waals surface area contributed by atoms with Crippen LogP contribution in [-0.2, 0) is 4.74 Å². The first-order valence-corrected chi connectivity index (χ1v) is 10.1. The van der Waals surface area contributed by atoms with Crippen molar-refractivity contribution in [3.05, 3.63) is 126 Å². The van der Waals surface area contributed by atoms with Crippen molar-refractivity contribution < 1.29 is 4.74 Å². The first kappa shape index (κ1) is 21.8. The molecule has 0 fully saturated rings. The zero-order valence-corrected chi connectivity index (χ0v) is 18.2. The van der Waals surface area contributed by atoms with E-state index in [1.807, 2.05) is 75.5 Å². The maximum atomic E-state index is 5.52. The summed E-state index contributed by atoms with van der Waals surface area (Å²) < 4.78 is 5.52. The van der Waals surface area contributed by atoms with Gasteiger partial charge in [-0.05, 0) is 61.8 Å². The molecule has 0 saturated carbocycles. The molecule has 1 aliphatic carbocycles. The molecule has 1 aliphatic rings. The molecule has 4 heteroatoms. The third-order valence-electron chi connectivity index (χ3n) is 4.85. The van der Waals surface area contributed by atoms with Gasteiger partial charge in [0.05, 0.1) is 12.0 Å². The summed E-state index contributed by atoms with van der Waals surface area (Å²) in [5.74, 6) is 0.752. The number of rotatable bonds is 6. The van der Waals surface area contributed by atoms with Gasteiger partial charge in [-0.1, -0.05) is 55.7 Å². The number of aryl methyl sites for hydroxylation is 1. The van der Waals surface area contributed by atoms with E-state index in [2.05, 4.69) is 46.6 Å². The average molecular weight is 410 g/mol. The molecule has 2 aromatic rings. The van der Waals surface area contributed by atoms with Crippen LogP contribution in [0.2, 0.25) is 0 Å². The van der Waals surface area contributed by atoms with E-state index >= 15 is 0 Å². The van der Waals surface area contributed by atoms with Gasteiger partial charge in [0.15, 0.2) is 0 Å². The number of hydrogen-bond donors (Lipinski definition) is 1. The van der Waals surface area contributed by atoms with Crippen LogP contribution < -0.4 is 0 Å². The van der Waals surface area contributed by atoms with Crippen molar-refractivity contribution in [1.82, 2.24) is 15.2 Å². The first-order valence-electron chi connectivity index (χ1n) is 10.1. The monoisotopic (exact) mass is 409 g/mol. The molecule has 156 valence electrons. The van der Waals surface area contributed by atoms with Gasteiger partial charge in [0.25, 0.3) is 0 Å². The molecule has 0 bridgehead atoms. The molecular formula is C27H27N3O. The number of ether oxygens (including phenoxy) is 1. The lowest BCUT2D eigenvalue weighted by Gasteiger charge is -2.11. The lowest BCUT2D eigenvalue weighted by atomic mass is 9.96. The highest BCUT2D eigenvalue weighted by Crippen LogP contribution is 2.29. The van der Waals surface area contributed by atoms with Crippen molar-refractivity contribution in [2.24, 2.45) is 0 Å². The Morgan fingerprint density at radius 1 is 1.13 bits per heavy atom. The van der Waals surface area contributed by atoms with E-state index in [1.54, 1.807) is 0 Å². The number of pyridine rings is 1. The van der Waals surface area contributed by atoms with E-state index in [9.17, 15) is 0 Å². The Kier molecular flexibility index (Phi) is 7.17. The van der Waals surface area contributed by atoms with Gasteiger partial charge in [0, 0.05) is 23.0 Å². The predicted molar refractivity (Wildman–Crippen MR) is 129 cm³/mol. The molecule has 0 amide bonds. The second kappa shape index (κ2) is 10.2. The Bertz CT molecular complexity index is 1170. The Morgan fingerprint density at radius 3 is 2.68 bits per heavy atom. The van der Waals surface area contributed by atoms with Gasteiger partial charge in [-0.3, -0.25) is 10.1 Å². The van der Waals surface area contributed by atoms with Gasteiger partial charge >= 0.3 is 0 Å². The molecule has 2 heterocycles. The highest BCUT2D eigenvalue weighted by Gasteiger charge is 2.13. The van der Waals surface area contributed by atoms with Crippen molar-refractivity contribution in [2.45, 2.75) is 20.8 Å². The molecule has 0 radical (unpaired) electrons. The minimum Gasteiger partial charge on any atom is -0.465 e. The number of aromatic nitrogens is 3. The summed E-state index contributed by atoms with van der Waals surface area (Å²) in [5, 5.41) is 7.41. The summed E-state index contributed by atoms with van der Waals surface area (Å²) >= 11 is 0. The van der Waals surface area contributed by atoms with Crippen LogP contribution in [0.25, 0.3) is 17.0 Å². The van der Waals surface area contributed by atoms with Gasteiger partial charge in [0.1, 0.15) is 11.5 Å². The van der Waals surface area contributed by atoms with Crippen LogP contribution in [-0.4, -0.2) is 15.2 Å². The van der Waals surface area contributed by atoms with E-state index in [4.69, 9.17) is 4.74 Å². The molecule has 0 aromatic carbocycles. The fourth-order valence-electron chi connectivity index (χ4n) is 3.26. The largest absolute Gasteiger partial charge is 0.465 e. The maximum absolute atomic E-state index is 5.52. The van der Waals surface area contributed by atoms with E-state index < -0.39 is 0 Å². The van der Waals surface area contributed by atoms with Crippen LogP contribution in [0.1, 0.15) is 25.1 Å². The Balaban J connectivity index is 1.95. The van der Waals surface area contributed by atoms with E-state index in [1.165, 1.54) is 6.26 Å². The van der Waals surface area contributed by atoms with Crippen LogP contribution >= 0.6 is 0 Å². The predicted octanol–water partition coefficient (Wildman–Crippen LogP) is 6.78. The van der Waals surface area contributed by atoms with Crippen molar-refractivity contribution in [1.29, 1.82) is 0 Å². The molecule has 0 spiro atoms. The van der Waals surface area contributed by atoms with E-state index in [0.717, 1.165) is 50.7 Å². The minimum atomic E-state index is 0.752. The molecule has 0 atom stereocenters. The Labute approximate surface area is 184 Å². The van der Waals surface area contributed by atoms with Crippen LogP contribution in [0.3, 0.4) is 0 Å². The van der Waals surface area contributed by atoms with Gasteiger partial charge in [0.2, 0.25) is 0 Å². The summed E-state index contributed by atoms with van der Waals surface area (Å²) in [4.78, 5) is 4.61. The van der Waals surface area contributed by atoms with Crippen molar-refractivity contribution >= 4 is 5.57 Å². The minimum absolute atomic E-state index is 0.752. The smallest absolute Gasteiger partial charge is 0.129 e. The number of nitrogens with zero attached hydrogens (tertiary/aromatic N) is 2. The molecule has 4 nitrogen and oxygen atoms in total. The van der Waals surface area contributed by atoms with Crippen molar-refractivity contribution in [2.75, 3.05) is 0 Å². The van der Waals surface area contributed by atoms with Gasteiger partial charge in [-0.15, -0.1) is 0 Å². The molecule has 2 aromatic heterocycles. The topological polar surface area (TPSA) is 50.8 Å². The fourth-order valence-corrected chi connectivity index (χ4v) is 3.26. The Morgan fingerprint density at radius 2 is 1.97 bits per heavy atom. The number of H-pyrrole nitrogens is 1. The zero-order valence-electron chi connectivity index (χ0n) is 18.2. The summed E-state index contributed by atoms with van der Waals surface area (Å²) in [6, 6.07) is 5.94. The van der Waals surface area contributed by atoms with Crippen LogP contribution in [0.15, 0.2) is 115 Å². The fraction of sp³-hybridized carbons (Fsp3) is 0.111.